The molecule has 20 heavy (non-hydrogen) atoms. The molecule has 2 rings (SSSR count). The number of rotatable bonds is 5. The average molecular weight is 290 g/mol. The van der Waals surface area contributed by atoms with E-state index in [2.05, 4.69) is 5.32 Å². The molecule has 1 aromatic carbocycles. The third kappa shape index (κ3) is 3.74. The molecule has 5 heteroatoms. The lowest BCUT2D eigenvalue weighted by Gasteiger charge is -2.07. The molecular weight excluding hydrogens is 272 g/mol. The van der Waals surface area contributed by atoms with Crippen molar-refractivity contribution in [3.63, 3.8) is 0 Å². The van der Waals surface area contributed by atoms with Crippen LogP contribution in [-0.4, -0.2) is 19.1 Å². The summed E-state index contributed by atoms with van der Waals surface area (Å²) >= 11 is 1.40. The van der Waals surface area contributed by atoms with Gasteiger partial charge in [0.15, 0.2) is 0 Å². The highest BCUT2D eigenvalue weighted by Gasteiger charge is 2.10. The number of carbonyl (C=O) groups is 1. The Labute approximate surface area is 122 Å². The van der Waals surface area contributed by atoms with E-state index in [1.165, 1.54) is 11.3 Å². The van der Waals surface area contributed by atoms with E-state index in [0.717, 1.165) is 16.2 Å². The summed E-state index contributed by atoms with van der Waals surface area (Å²) in [5.41, 5.74) is 7.54. The van der Waals surface area contributed by atoms with Crippen LogP contribution in [0.3, 0.4) is 0 Å². The highest BCUT2D eigenvalue weighted by atomic mass is 32.1. The van der Waals surface area contributed by atoms with Crippen molar-refractivity contribution in [2.24, 2.45) is 0 Å². The van der Waals surface area contributed by atoms with E-state index in [4.69, 9.17) is 10.5 Å². The second-order valence-corrected chi connectivity index (χ2v) is 5.80. The normalized spacial score (nSPS) is 10.3. The molecular formula is C15H18N2O2S. The SMILES string of the molecule is Cc1cccc(OCCNC(=O)c2cc(N)c(C)s2)c1. The van der Waals surface area contributed by atoms with E-state index >= 15 is 0 Å². The highest BCUT2D eigenvalue weighted by Crippen LogP contribution is 2.23. The van der Waals surface area contributed by atoms with Crippen LogP contribution >= 0.6 is 11.3 Å². The predicted octanol–water partition coefficient (Wildman–Crippen LogP) is 2.76. The van der Waals surface area contributed by atoms with Gasteiger partial charge in [0.05, 0.1) is 11.4 Å². The van der Waals surface area contributed by atoms with E-state index in [1.54, 1.807) is 6.07 Å². The Bertz CT molecular complexity index is 588. The van der Waals surface area contributed by atoms with Crippen molar-refractivity contribution < 1.29 is 9.53 Å². The number of nitrogen functional groups attached to an aromatic ring is 1. The number of hydrogen-bond acceptors (Lipinski definition) is 4. The van der Waals surface area contributed by atoms with Crippen LogP contribution in [0.5, 0.6) is 5.75 Å². The van der Waals surface area contributed by atoms with Gasteiger partial charge in [0.25, 0.3) is 5.91 Å². The summed E-state index contributed by atoms with van der Waals surface area (Å²) in [4.78, 5) is 13.5. The minimum atomic E-state index is -0.109. The molecule has 0 fully saturated rings. The van der Waals surface area contributed by atoms with E-state index in [-0.39, 0.29) is 5.91 Å². The number of benzene rings is 1. The van der Waals surface area contributed by atoms with Crippen LogP contribution < -0.4 is 15.8 Å². The molecule has 1 amide bonds. The second-order valence-electron chi connectivity index (χ2n) is 4.54. The Morgan fingerprint density at radius 3 is 2.80 bits per heavy atom. The van der Waals surface area contributed by atoms with Crippen LogP contribution in [0.1, 0.15) is 20.1 Å². The lowest BCUT2D eigenvalue weighted by molar-refractivity contribution is 0.0951. The zero-order chi connectivity index (χ0) is 14.5. The first kappa shape index (κ1) is 14.4. The fourth-order valence-corrected chi connectivity index (χ4v) is 2.59. The van der Waals surface area contributed by atoms with E-state index < -0.39 is 0 Å². The van der Waals surface area contributed by atoms with Crippen LogP contribution in [0.15, 0.2) is 30.3 Å². The van der Waals surface area contributed by atoms with E-state index in [9.17, 15) is 4.79 Å². The van der Waals surface area contributed by atoms with Crippen molar-refractivity contribution in [3.8, 4) is 5.75 Å². The van der Waals surface area contributed by atoms with Gasteiger partial charge in [0.1, 0.15) is 12.4 Å². The van der Waals surface area contributed by atoms with Gasteiger partial charge in [0, 0.05) is 10.6 Å². The molecule has 1 heterocycles. The molecule has 0 atom stereocenters. The monoisotopic (exact) mass is 290 g/mol. The van der Waals surface area contributed by atoms with Gasteiger partial charge in [-0.3, -0.25) is 4.79 Å². The van der Waals surface area contributed by atoms with Crippen LogP contribution in [0, 0.1) is 13.8 Å². The zero-order valence-corrected chi connectivity index (χ0v) is 12.4. The molecule has 0 aliphatic heterocycles. The Hall–Kier alpha value is -2.01. The topological polar surface area (TPSA) is 64.3 Å². The van der Waals surface area contributed by atoms with Gasteiger partial charge in [-0.1, -0.05) is 12.1 Å². The molecule has 0 unspecified atom stereocenters. The Morgan fingerprint density at radius 1 is 1.35 bits per heavy atom. The maximum absolute atomic E-state index is 11.9. The van der Waals surface area contributed by atoms with Crippen LogP contribution in [0.4, 0.5) is 5.69 Å². The Kier molecular flexibility index (Phi) is 4.63. The summed E-state index contributed by atoms with van der Waals surface area (Å²) in [6, 6.07) is 9.53. The third-order valence-electron chi connectivity index (χ3n) is 2.83. The van der Waals surface area contributed by atoms with Gasteiger partial charge >= 0.3 is 0 Å². The summed E-state index contributed by atoms with van der Waals surface area (Å²) in [5, 5.41) is 2.82. The van der Waals surface area contributed by atoms with Crippen molar-refractivity contribution in [3.05, 3.63) is 45.6 Å². The fourth-order valence-electron chi connectivity index (χ4n) is 1.73. The Morgan fingerprint density at radius 2 is 2.15 bits per heavy atom. The van der Waals surface area contributed by atoms with Gasteiger partial charge in [-0.2, -0.15) is 0 Å². The number of thiophene rings is 1. The maximum Gasteiger partial charge on any atom is 0.261 e. The molecule has 0 saturated heterocycles. The number of nitrogens with one attached hydrogen (secondary N) is 1. The molecule has 1 aromatic heterocycles. The number of nitrogens with two attached hydrogens (primary N) is 1. The molecule has 0 bridgehead atoms. The van der Waals surface area contributed by atoms with Crippen molar-refractivity contribution in [2.75, 3.05) is 18.9 Å². The lowest BCUT2D eigenvalue weighted by atomic mass is 10.2. The van der Waals surface area contributed by atoms with Gasteiger partial charge < -0.3 is 15.8 Å². The van der Waals surface area contributed by atoms with Crippen LogP contribution in [0.25, 0.3) is 0 Å². The van der Waals surface area contributed by atoms with Gasteiger partial charge in [0.2, 0.25) is 0 Å². The first-order valence-electron chi connectivity index (χ1n) is 6.40. The largest absolute Gasteiger partial charge is 0.492 e. The summed E-state index contributed by atoms with van der Waals surface area (Å²) in [6.45, 7) is 4.81. The van der Waals surface area contributed by atoms with E-state index in [0.29, 0.717) is 23.7 Å². The summed E-state index contributed by atoms with van der Waals surface area (Å²) in [6.07, 6.45) is 0. The summed E-state index contributed by atoms with van der Waals surface area (Å²) in [5.74, 6) is 0.707. The van der Waals surface area contributed by atoms with Crippen molar-refractivity contribution in [2.45, 2.75) is 13.8 Å². The smallest absolute Gasteiger partial charge is 0.261 e. The average Bonchev–Trinajstić information content (AvgIpc) is 2.75. The molecule has 2 aromatic rings. The van der Waals surface area contributed by atoms with Gasteiger partial charge in [-0.25, -0.2) is 0 Å². The van der Waals surface area contributed by atoms with Crippen LogP contribution in [0.2, 0.25) is 0 Å². The highest BCUT2D eigenvalue weighted by molar-refractivity contribution is 7.14. The molecule has 0 saturated carbocycles. The molecule has 3 N–H and O–H groups in total. The molecule has 0 spiro atoms. The summed E-state index contributed by atoms with van der Waals surface area (Å²) in [7, 11) is 0. The standard InChI is InChI=1S/C15H18N2O2S/c1-10-4-3-5-12(8-10)19-7-6-17-15(18)14-9-13(16)11(2)20-14/h3-5,8-9H,6-7,16H2,1-2H3,(H,17,18). The summed E-state index contributed by atoms with van der Waals surface area (Å²) < 4.78 is 5.57. The molecule has 0 aliphatic carbocycles. The maximum atomic E-state index is 11.9. The Balaban J connectivity index is 1.77. The molecule has 0 aliphatic rings. The fraction of sp³-hybridized carbons (Fsp3) is 0.267. The molecule has 106 valence electrons. The number of carbonyl (C=O) groups excluding carboxylic acids is 1. The quantitative estimate of drug-likeness (QED) is 0.832. The van der Waals surface area contributed by atoms with Crippen molar-refractivity contribution in [1.82, 2.24) is 5.32 Å². The van der Waals surface area contributed by atoms with Gasteiger partial charge in [-0.15, -0.1) is 11.3 Å². The number of anilines is 1. The third-order valence-corrected chi connectivity index (χ3v) is 3.89. The predicted molar refractivity (Wildman–Crippen MR) is 82.5 cm³/mol. The zero-order valence-electron chi connectivity index (χ0n) is 11.6. The number of ether oxygens (including phenoxy) is 1. The van der Waals surface area contributed by atoms with E-state index in [1.807, 2.05) is 38.1 Å². The lowest BCUT2D eigenvalue weighted by Crippen LogP contribution is -2.27. The number of aryl methyl sites for hydroxylation is 2. The first-order valence-corrected chi connectivity index (χ1v) is 7.21. The van der Waals surface area contributed by atoms with Crippen molar-refractivity contribution >= 4 is 22.9 Å². The second kappa shape index (κ2) is 6.43. The number of hydrogen-bond donors (Lipinski definition) is 2. The van der Waals surface area contributed by atoms with Gasteiger partial charge in [-0.05, 0) is 37.6 Å². The minimum absolute atomic E-state index is 0.109. The first-order chi connectivity index (χ1) is 9.56. The molecule has 4 nitrogen and oxygen atoms in total. The van der Waals surface area contributed by atoms with Crippen LogP contribution in [-0.2, 0) is 0 Å². The minimum Gasteiger partial charge on any atom is -0.492 e. The van der Waals surface area contributed by atoms with Crippen molar-refractivity contribution in [1.29, 1.82) is 0 Å². The molecule has 0 radical (unpaired) electrons. The number of amides is 1.